The highest BCUT2D eigenvalue weighted by atomic mass is 16.3. The lowest BCUT2D eigenvalue weighted by molar-refractivity contribution is 0.0296. The van der Waals surface area contributed by atoms with Crippen molar-refractivity contribution in [1.82, 2.24) is 4.90 Å². The highest BCUT2D eigenvalue weighted by Crippen LogP contribution is 2.28. The second kappa shape index (κ2) is 5.25. The minimum Gasteiger partial charge on any atom is -0.390 e. The van der Waals surface area contributed by atoms with Crippen molar-refractivity contribution < 1.29 is 15.0 Å². The van der Waals surface area contributed by atoms with Gasteiger partial charge < -0.3 is 15.1 Å². The first kappa shape index (κ1) is 12.0. The normalized spacial score (nSPS) is 33.2. The zero-order valence-corrected chi connectivity index (χ0v) is 9.36. The molecule has 1 aliphatic heterocycles. The van der Waals surface area contributed by atoms with E-state index in [0.29, 0.717) is 25.2 Å². The van der Waals surface area contributed by atoms with Crippen LogP contribution in [0, 0.1) is 5.92 Å². The smallest absolute Gasteiger partial charge is 0.251 e. The summed E-state index contributed by atoms with van der Waals surface area (Å²) in [5.74, 6) is -0.194. The number of nitrogens with zero attached hydrogens (tertiary/aromatic N) is 2. The van der Waals surface area contributed by atoms with E-state index in [1.165, 1.54) is 0 Å². The zero-order chi connectivity index (χ0) is 12.3. The Morgan fingerprint density at radius 3 is 2.82 bits per heavy atom. The standard InChI is InChI=1S/C12H15N2O3/c15-7-10(14-5-1-4-13-8-14)6-9-2-3-11(16)12(9)17/h1,4-6,9,11-12,16-17H,2-3,8H2/b10-6+. The molecule has 0 amide bonds. The summed E-state index contributed by atoms with van der Waals surface area (Å²) in [6.45, 7) is 0.378. The van der Waals surface area contributed by atoms with Gasteiger partial charge >= 0.3 is 0 Å². The van der Waals surface area contributed by atoms with E-state index in [1.807, 2.05) is 6.29 Å². The molecule has 1 fully saturated rings. The van der Waals surface area contributed by atoms with Crippen LogP contribution < -0.4 is 0 Å². The highest BCUT2D eigenvalue weighted by molar-refractivity contribution is 5.76. The number of aliphatic hydroxyl groups excluding tert-OH is 2. The van der Waals surface area contributed by atoms with Crippen molar-refractivity contribution in [2.75, 3.05) is 6.67 Å². The molecule has 5 nitrogen and oxygen atoms in total. The van der Waals surface area contributed by atoms with Crippen LogP contribution in [0.1, 0.15) is 12.8 Å². The number of aliphatic hydroxyl groups is 2. The maximum atomic E-state index is 10.9. The van der Waals surface area contributed by atoms with Gasteiger partial charge in [0, 0.05) is 18.3 Å². The van der Waals surface area contributed by atoms with Gasteiger partial charge in [-0.15, -0.1) is 0 Å². The van der Waals surface area contributed by atoms with Crippen LogP contribution in [0.2, 0.25) is 0 Å². The van der Waals surface area contributed by atoms with E-state index in [2.05, 4.69) is 4.99 Å². The lowest BCUT2D eigenvalue weighted by Crippen LogP contribution is -2.26. The number of carbonyl (C=O) groups excluding carboxylic acids is 1. The summed E-state index contributed by atoms with van der Waals surface area (Å²) in [5, 5.41) is 19.1. The largest absolute Gasteiger partial charge is 0.390 e. The van der Waals surface area contributed by atoms with E-state index < -0.39 is 12.2 Å². The number of allylic oxidation sites excluding steroid dienone is 2. The van der Waals surface area contributed by atoms with Gasteiger partial charge in [0.2, 0.25) is 0 Å². The Kier molecular flexibility index (Phi) is 3.71. The van der Waals surface area contributed by atoms with Crippen molar-refractivity contribution >= 4 is 12.5 Å². The van der Waals surface area contributed by atoms with Gasteiger partial charge in [-0.25, -0.2) is 0 Å². The van der Waals surface area contributed by atoms with Crippen molar-refractivity contribution in [3.63, 3.8) is 0 Å². The molecule has 2 aliphatic rings. The maximum Gasteiger partial charge on any atom is 0.251 e. The lowest BCUT2D eigenvalue weighted by atomic mass is 10.0. The molecule has 1 saturated carbocycles. The number of rotatable bonds is 3. The Morgan fingerprint density at radius 2 is 2.29 bits per heavy atom. The fraction of sp³-hybridized carbons (Fsp3) is 0.500. The molecule has 0 aromatic carbocycles. The van der Waals surface area contributed by atoms with Crippen molar-refractivity contribution in [2.45, 2.75) is 25.0 Å². The molecule has 1 heterocycles. The van der Waals surface area contributed by atoms with Crippen LogP contribution >= 0.6 is 0 Å². The minimum atomic E-state index is -0.796. The lowest BCUT2D eigenvalue weighted by Gasteiger charge is -2.21. The van der Waals surface area contributed by atoms with Gasteiger partial charge in [-0.3, -0.25) is 9.79 Å². The van der Waals surface area contributed by atoms with Crippen LogP contribution in [0.5, 0.6) is 0 Å². The van der Waals surface area contributed by atoms with Crippen LogP contribution in [0.4, 0.5) is 0 Å². The molecule has 91 valence electrons. The molecule has 2 rings (SSSR count). The third-order valence-corrected chi connectivity index (χ3v) is 3.11. The molecule has 0 aromatic rings. The second-order valence-electron chi connectivity index (χ2n) is 4.24. The molecule has 0 spiro atoms. The summed E-state index contributed by atoms with van der Waals surface area (Å²) in [4.78, 5) is 16.6. The Labute approximate surface area is 99.8 Å². The monoisotopic (exact) mass is 235 g/mol. The van der Waals surface area contributed by atoms with Crippen molar-refractivity contribution in [2.24, 2.45) is 10.9 Å². The molecule has 5 heteroatoms. The van der Waals surface area contributed by atoms with Gasteiger partial charge in [0.25, 0.3) is 6.29 Å². The number of aliphatic imine (C=N–C) groups is 1. The molecular weight excluding hydrogens is 220 g/mol. The summed E-state index contributed by atoms with van der Waals surface area (Å²) < 4.78 is 0. The van der Waals surface area contributed by atoms with Crippen LogP contribution in [-0.2, 0) is 4.79 Å². The van der Waals surface area contributed by atoms with Crippen LogP contribution in [0.3, 0.4) is 0 Å². The van der Waals surface area contributed by atoms with E-state index in [-0.39, 0.29) is 5.92 Å². The molecule has 3 unspecified atom stereocenters. The summed E-state index contributed by atoms with van der Waals surface area (Å²) in [7, 11) is 0. The SMILES string of the molecule is O=[C]/C(=C\C1CCC(O)C1O)N1C=CC=NC1. The van der Waals surface area contributed by atoms with Gasteiger partial charge in [0.1, 0.15) is 6.67 Å². The Balaban J connectivity index is 2.10. The third-order valence-electron chi connectivity index (χ3n) is 3.11. The van der Waals surface area contributed by atoms with E-state index in [9.17, 15) is 15.0 Å². The fourth-order valence-electron chi connectivity index (χ4n) is 2.11. The van der Waals surface area contributed by atoms with Crippen LogP contribution in [0.15, 0.2) is 29.0 Å². The third kappa shape index (κ3) is 2.62. The van der Waals surface area contributed by atoms with Gasteiger partial charge in [0.15, 0.2) is 0 Å². The number of hydrogen-bond acceptors (Lipinski definition) is 5. The quantitative estimate of drug-likeness (QED) is 0.674. The van der Waals surface area contributed by atoms with Crippen LogP contribution in [0.25, 0.3) is 0 Å². The topological polar surface area (TPSA) is 73.1 Å². The minimum absolute atomic E-state index is 0.194. The summed E-state index contributed by atoms with van der Waals surface area (Å²) in [5.41, 5.74) is 0.358. The number of hydrogen-bond donors (Lipinski definition) is 2. The molecule has 3 atom stereocenters. The summed E-state index contributed by atoms with van der Waals surface area (Å²) in [6, 6.07) is 0. The molecular formula is C12H15N2O3. The molecule has 1 radical (unpaired) electrons. The molecule has 17 heavy (non-hydrogen) atoms. The van der Waals surface area contributed by atoms with Gasteiger partial charge in [-0.1, -0.05) is 6.08 Å². The van der Waals surface area contributed by atoms with Gasteiger partial charge in [-0.05, 0) is 18.9 Å². The maximum absolute atomic E-state index is 10.9. The van der Waals surface area contributed by atoms with E-state index in [1.54, 1.807) is 29.5 Å². The summed E-state index contributed by atoms with van der Waals surface area (Å²) in [6.07, 6.45) is 8.39. The zero-order valence-electron chi connectivity index (χ0n) is 9.36. The average Bonchev–Trinajstić information content (AvgIpc) is 2.68. The van der Waals surface area contributed by atoms with E-state index in [4.69, 9.17) is 0 Å². The Morgan fingerprint density at radius 1 is 1.47 bits per heavy atom. The highest BCUT2D eigenvalue weighted by Gasteiger charge is 2.32. The van der Waals surface area contributed by atoms with Crippen molar-refractivity contribution in [1.29, 1.82) is 0 Å². The van der Waals surface area contributed by atoms with Crippen molar-refractivity contribution in [3.05, 3.63) is 24.0 Å². The molecule has 2 N–H and O–H groups in total. The van der Waals surface area contributed by atoms with E-state index >= 15 is 0 Å². The fourth-order valence-corrected chi connectivity index (χ4v) is 2.11. The van der Waals surface area contributed by atoms with Gasteiger partial charge in [0.05, 0.1) is 17.9 Å². The van der Waals surface area contributed by atoms with Crippen molar-refractivity contribution in [3.8, 4) is 0 Å². The first-order valence-corrected chi connectivity index (χ1v) is 5.61. The first-order chi connectivity index (χ1) is 8.22. The second-order valence-corrected chi connectivity index (χ2v) is 4.24. The predicted molar refractivity (Wildman–Crippen MR) is 62.9 cm³/mol. The van der Waals surface area contributed by atoms with Crippen LogP contribution in [-0.4, -0.2) is 46.5 Å². The molecule has 0 saturated heterocycles. The Bertz CT molecular complexity index is 376. The summed E-state index contributed by atoms with van der Waals surface area (Å²) >= 11 is 0. The average molecular weight is 235 g/mol. The molecule has 0 bridgehead atoms. The Hall–Kier alpha value is -1.46. The van der Waals surface area contributed by atoms with E-state index in [0.717, 1.165) is 0 Å². The molecule has 1 aliphatic carbocycles. The van der Waals surface area contributed by atoms with Gasteiger partial charge in [-0.2, -0.15) is 0 Å². The molecule has 0 aromatic heterocycles. The predicted octanol–water partition coefficient (Wildman–Crippen LogP) is -0.0306. The first-order valence-electron chi connectivity index (χ1n) is 5.61.